The van der Waals surface area contributed by atoms with E-state index in [0.29, 0.717) is 18.7 Å². The topological polar surface area (TPSA) is 76.0 Å². The largest absolute Gasteiger partial charge is 0.354 e. The van der Waals surface area contributed by atoms with Gasteiger partial charge in [0.25, 0.3) is 5.91 Å². The summed E-state index contributed by atoms with van der Waals surface area (Å²) in [6.07, 6.45) is 1.64. The van der Waals surface area contributed by atoms with Crippen molar-refractivity contribution in [3.05, 3.63) is 53.6 Å². The molecule has 0 aliphatic rings. The molecule has 0 saturated carbocycles. The fraction of sp³-hybridized carbons (Fsp3) is 0.312. The minimum absolute atomic E-state index is 0.135. The van der Waals surface area contributed by atoms with Gasteiger partial charge < -0.3 is 10.6 Å². The number of aryl methyl sites for hydroxylation is 1. The van der Waals surface area contributed by atoms with Crippen molar-refractivity contribution in [2.75, 3.05) is 13.1 Å². The number of halogens is 1. The Bertz CT molecular complexity index is 682. The van der Waals surface area contributed by atoms with Crippen LogP contribution in [0.5, 0.6) is 0 Å². The standard InChI is InChI=1S/C16H19FN4O2/c1-11(14-7-8-20-21(14)2)15(22)18-9-10-19-16(23)12-3-5-13(17)6-4-12/h3-8,11H,9-10H2,1-2H3,(H,18,22)(H,19,23)/t11-/m1/s1. The fourth-order valence-corrected chi connectivity index (χ4v) is 2.16. The first-order valence-electron chi connectivity index (χ1n) is 7.28. The summed E-state index contributed by atoms with van der Waals surface area (Å²) in [6, 6.07) is 7.07. The Hall–Kier alpha value is -2.70. The minimum atomic E-state index is -0.391. The van der Waals surface area contributed by atoms with Gasteiger partial charge in [0.05, 0.1) is 11.6 Å². The third-order valence-corrected chi connectivity index (χ3v) is 3.51. The second-order valence-corrected chi connectivity index (χ2v) is 5.16. The molecule has 122 valence electrons. The third-order valence-electron chi connectivity index (χ3n) is 3.51. The van der Waals surface area contributed by atoms with E-state index < -0.39 is 5.82 Å². The SMILES string of the molecule is C[C@@H](C(=O)NCCNC(=O)c1ccc(F)cc1)c1ccnn1C. The predicted molar refractivity (Wildman–Crippen MR) is 83.4 cm³/mol. The molecule has 0 saturated heterocycles. The maximum absolute atomic E-state index is 12.8. The molecule has 0 bridgehead atoms. The molecule has 1 aromatic heterocycles. The Labute approximate surface area is 133 Å². The van der Waals surface area contributed by atoms with E-state index >= 15 is 0 Å². The van der Waals surface area contributed by atoms with Gasteiger partial charge in [0, 0.05) is 31.9 Å². The zero-order chi connectivity index (χ0) is 16.8. The highest BCUT2D eigenvalue weighted by Gasteiger charge is 2.17. The zero-order valence-electron chi connectivity index (χ0n) is 13.0. The second-order valence-electron chi connectivity index (χ2n) is 5.16. The van der Waals surface area contributed by atoms with E-state index in [1.54, 1.807) is 30.9 Å². The van der Waals surface area contributed by atoms with Crippen LogP contribution in [0.2, 0.25) is 0 Å². The average molecular weight is 318 g/mol. The van der Waals surface area contributed by atoms with Gasteiger partial charge in [-0.25, -0.2) is 4.39 Å². The van der Waals surface area contributed by atoms with E-state index in [2.05, 4.69) is 15.7 Å². The molecular weight excluding hydrogens is 299 g/mol. The molecular formula is C16H19FN4O2. The Kier molecular flexibility index (Phi) is 5.46. The molecule has 2 amide bonds. The molecule has 0 aliphatic heterocycles. The van der Waals surface area contributed by atoms with Gasteiger partial charge in [0.1, 0.15) is 5.82 Å². The summed E-state index contributed by atoms with van der Waals surface area (Å²) in [4.78, 5) is 23.8. The van der Waals surface area contributed by atoms with Gasteiger partial charge in [-0.05, 0) is 37.3 Å². The van der Waals surface area contributed by atoms with Crippen LogP contribution in [0, 0.1) is 5.82 Å². The van der Waals surface area contributed by atoms with Gasteiger partial charge >= 0.3 is 0 Å². The van der Waals surface area contributed by atoms with Crippen molar-refractivity contribution >= 4 is 11.8 Å². The lowest BCUT2D eigenvalue weighted by atomic mass is 10.1. The molecule has 0 unspecified atom stereocenters. The van der Waals surface area contributed by atoms with Crippen molar-refractivity contribution in [3.8, 4) is 0 Å². The van der Waals surface area contributed by atoms with Crippen LogP contribution < -0.4 is 10.6 Å². The molecule has 1 aromatic carbocycles. The summed E-state index contributed by atoms with van der Waals surface area (Å²) in [5, 5.41) is 9.46. The molecule has 0 fully saturated rings. The molecule has 2 rings (SSSR count). The molecule has 23 heavy (non-hydrogen) atoms. The summed E-state index contributed by atoms with van der Waals surface area (Å²) < 4.78 is 14.4. The maximum Gasteiger partial charge on any atom is 0.251 e. The highest BCUT2D eigenvalue weighted by atomic mass is 19.1. The lowest BCUT2D eigenvalue weighted by Gasteiger charge is -2.13. The van der Waals surface area contributed by atoms with Crippen LogP contribution in [0.15, 0.2) is 36.5 Å². The van der Waals surface area contributed by atoms with Crippen molar-refractivity contribution in [1.82, 2.24) is 20.4 Å². The average Bonchev–Trinajstić information content (AvgIpc) is 2.97. The van der Waals surface area contributed by atoms with E-state index in [9.17, 15) is 14.0 Å². The van der Waals surface area contributed by atoms with Crippen LogP contribution in [0.1, 0.15) is 28.9 Å². The number of aromatic nitrogens is 2. The van der Waals surface area contributed by atoms with Gasteiger partial charge in [-0.2, -0.15) is 5.10 Å². The Morgan fingerprint density at radius 2 is 1.83 bits per heavy atom. The first-order chi connectivity index (χ1) is 11.0. The highest BCUT2D eigenvalue weighted by Crippen LogP contribution is 2.13. The molecule has 1 heterocycles. The van der Waals surface area contributed by atoms with Gasteiger partial charge in [-0.3, -0.25) is 14.3 Å². The van der Waals surface area contributed by atoms with E-state index in [1.807, 2.05) is 0 Å². The van der Waals surface area contributed by atoms with Gasteiger partial charge in [0.2, 0.25) is 5.91 Å². The molecule has 2 aromatic rings. The van der Waals surface area contributed by atoms with Crippen molar-refractivity contribution in [2.24, 2.45) is 7.05 Å². The number of hydrogen-bond acceptors (Lipinski definition) is 3. The molecule has 0 aliphatic carbocycles. The number of carbonyl (C=O) groups excluding carboxylic acids is 2. The van der Waals surface area contributed by atoms with Crippen LogP contribution in [0.4, 0.5) is 4.39 Å². The van der Waals surface area contributed by atoms with Gasteiger partial charge in [-0.1, -0.05) is 0 Å². The lowest BCUT2D eigenvalue weighted by Crippen LogP contribution is -2.36. The summed E-state index contributed by atoms with van der Waals surface area (Å²) in [5.41, 5.74) is 1.19. The maximum atomic E-state index is 12.8. The van der Waals surface area contributed by atoms with Crippen molar-refractivity contribution in [2.45, 2.75) is 12.8 Å². The monoisotopic (exact) mass is 318 g/mol. The molecule has 6 nitrogen and oxygen atoms in total. The third kappa shape index (κ3) is 4.38. The van der Waals surface area contributed by atoms with E-state index in [4.69, 9.17) is 0 Å². The second kappa shape index (κ2) is 7.53. The molecule has 0 spiro atoms. The fourth-order valence-electron chi connectivity index (χ4n) is 2.16. The Morgan fingerprint density at radius 1 is 1.17 bits per heavy atom. The van der Waals surface area contributed by atoms with Crippen molar-refractivity contribution in [1.29, 1.82) is 0 Å². The quantitative estimate of drug-likeness (QED) is 0.786. The molecule has 0 radical (unpaired) electrons. The van der Waals surface area contributed by atoms with E-state index in [1.165, 1.54) is 24.3 Å². The smallest absolute Gasteiger partial charge is 0.251 e. The van der Waals surface area contributed by atoms with Crippen LogP contribution in [0.3, 0.4) is 0 Å². The first-order valence-corrected chi connectivity index (χ1v) is 7.28. The van der Waals surface area contributed by atoms with Gasteiger partial charge in [-0.15, -0.1) is 0 Å². The van der Waals surface area contributed by atoms with Crippen molar-refractivity contribution in [3.63, 3.8) is 0 Å². The summed E-state index contributed by atoms with van der Waals surface area (Å²) in [6.45, 7) is 2.40. The normalized spacial score (nSPS) is 11.8. The number of nitrogens with one attached hydrogen (secondary N) is 2. The van der Waals surface area contributed by atoms with Crippen LogP contribution in [-0.4, -0.2) is 34.7 Å². The number of rotatable bonds is 6. The van der Waals surface area contributed by atoms with E-state index in [0.717, 1.165) is 5.69 Å². The minimum Gasteiger partial charge on any atom is -0.354 e. The van der Waals surface area contributed by atoms with Crippen molar-refractivity contribution < 1.29 is 14.0 Å². The summed E-state index contributed by atoms with van der Waals surface area (Å²) in [5.74, 6) is -1.16. The molecule has 7 heteroatoms. The first kappa shape index (κ1) is 16.7. The number of carbonyl (C=O) groups is 2. The predicted octanol–water partition coefficient (Wildman–Crippen LogP) is 1.21. The lowest BCUT2D eigenvalue weighted by molar-refractivity contribution is -0.122. The van der Waals surface area contributed by atoms with Crippen LogP contribution >= 0.6 is 0 Å². The number of nitrogens with zero attached hydrogens (tertiary/aromatic N) is 2. The summed E-state index contributed by atoms with van der Waals surface area (Å²) >= 11 is 0. The number of benzene rings is 1. The number of amides is 2. The summed E-state index contributed by atoms with van der Waals surface area (Å²) in [7, 11) is 1.78. The van der Waals surface area contributed by atoms with E-state index in [-0.39, 0.29) is 17.7 Å². The van der Waals surface area contributed by atoms with Gasteiger partial charge in [0.15, 0.2) is 0 Å². The zero-order valence-corrected chi connectivity index (χ0v) is 13.0. The van der Waals surface area contributed by atoms with Crippen LogP contribution in [-0.2, 0) is 11.8 Å². The molecule has 1 atom stereocenters. The number of hydrogen-bond donors (Lipinski definition) is 2. The Balaban J connectivity index is 1.74. The van der Waals surface area contributed by atoms with Crippen LogP contribution in [0.25, 0.3) is 0 Å². The Morgan fingerprint density at radius 3 is 2.43 bits per heavy atom. The highest BCUT2D eigenvalue weighted by molar-refractivity contribution is 5.94. The molecule has 2 N–H and O–H groups in total.